The molecule has 1 aliphatic rings. The number of anilines is 1. The molecule has 6 heteroatoms. The lowest BCUT2D eigenvalue weighted by atomic mass is 10.2. The normalized spacial score (nSPS) is 13.5. The Hall–Kier alpha value is -3.02. The molecule has 1 N–H and O–H groups in total. The molecule has 0 saturated heterocycles. The third-order valence-corrected chi connectivity index (χ3v) is 3.76. The number of amides is 1. The van der Waals surface area contributed by atoms with Gasteiger partial charge in [0.2, 0.25) is 0 Å². The summed E-state index contributed by atoms with van der Waals surface area (Å²) in [6, 6.07) is 10.6. The van der Waals surface area contributed by atoms with Crippen LogP contribution in [0.5, 0.6) is 11.5 Å². The molecular formula is C18H16N2O4. The van der Waals surface area contributed by atoms with E-state index in [1.165, 1.54) is 0 Å². The van der Waals surface area contributed by atoms with Crippen LogP contribution in [0.1, 0.15) is 22.7 Å². The Morgan fingerprint density at radius 3 is 2.79 bits per heavy atom. The van der Waals surface area contributed by atoms with Crippen molar-refractivity contribution in [2.45, 2.75) is 13.3 Å². The standard InChI is InChI=1S/C18H16N2O4/c1-11-19-14-10-13(4-6-15(14)24-11)20-18(21)12-3-5-16-17(9-12)23-8-2-7-22-16/h3-6,9-10H,2,7-8H2,1H3,(H,20,21). The number of benzene rings is 2. The minimum Gasteiger partial charge on any atom is -0.490 e. The van der Waals surface area contributed by atoms with Crippen LogP contribution in [-0.4, -0.2) is 24.1 Å². The number of hydrogen-bond acceptors (Lipinski definition) is 5. The lowest BCUT2D eigenvalue weighted by Gasteiger charge is -2.10. The molecule has 0 atom stereocenters. The van der Waals surface area contributed by atoms with Crippen molar-refractivity contribution < 1.29 is 18.7 Å². The number of aryl methyl sites for hydroxylation is 1. The van der Waals surface area contributed by atoms with Gasteiger partial charge in [0.25, 0.3) is 5.91 Å². The summed E-state index contributed by atoms with van der Waals surface area (Å²) in [6.07, 6.45) is 0.827. The number of oxazole rings is 1. The number of carbonyl (C=O) groups excluding carboxylic acids is 1. The van der Waals surface area contributed by atoms with Crippen LogP contribution in [0.25, 0.3) is 11.1 Å². The van der Waals surface area contributed by atoms with Gasteiger partial charge in [-0.3, -0.25) is 4.79 Å². The zero-order valence-electron chi connectivity index (χ0n) is 13.2. The number of rotatable bonds is 2. The number of nitrogens with zero attached hydrogens (tertiary/aromatic N) is 1. The van der Waals surface area contributed by atoms with Gasteiger partial charge in [0.15, 0.2) is 23.0 Å². The second-order valence-electron chi connectivity index (χ2n) is 5.58. The molecule has 0 radical (unpaired) electrons. The number of carbonyl (C=O) groups is 1. The Morgan fingerprint density at radius 1 is 1.08 bits per heavy atom. The highest BCUT2D eigenvalue weighted by Gasteiger charge is 2.14. The summed E-state index contributed by atoms with van der Waals surface area (Å²) in [5.74, 6) is 1.65. The molecule has 0 saturated carbocycles. The fourth-order valence-electron chi connectivity index (χ4n) is 2.63. The molecule has 24 heavy (non-hydrogen) atoms. The molecule has 1 aliphatic heterocycles. The van der Waals surface area contributed by atoms with Gasteiger partial charge in [-0.1, -0.05) is 0 Å². The van der Waals surface area contributed by atoms with E-state index in [1.807, 2.05) is 0 Å². The average molecular weight is 324 g/mol. The summed E-state index contributed by atoms with van der Waals surface area (Å²) in [4.78, 5) is 16.7. The maximum Gasteiger partial charge on any atom is 0.255 e. The highest BCUT2D eigenvalue weighted by Crippen LogP contribution is 2.30. The summed E-state index contributed by atoms with van der Waals surface area (Å²) in [7, 11) is 0. The molecule has 2 aromatic carbocycles. The van der Waals surface area contributed by atoms with E-state index in [4.69, 9.17) is 13.9 Å². The van der Waals surface area contributed by atoms with E-state index in [1.54, 1.807) is 43.3 Å². The minimum absolute atomic E-state index is 0.217. The second kappa shape index (κ2) is 5.88. The van der Waals surface area contributed by atoms with Gasteiger partial charge in [0.05, 0.1) is 13.2 Å². The first-order valence-corrected chi connectivity index (χ1v) is 7.77. The van der Waals surface area contributed by atoms with E-state index in [9.17, 15) is 4.79 Å². The molecule has 0 spiro atoms. The lowest BCUT2D eigenvalue weighted by molar-refractivity contribution is 0.102. The first kappa shape index (κ1) is 14.6. The van der Waals surface area contributed by atoms with Crippen molar-refractivity contribution in [3.8, 4) is 11.5 Å². The van der Waals surface area contributed by atoms with Gasteiger partial charge in [0, 0.05) is 24.6 Å². The topological polar surface area (TPSA) is 73.6 Å². The van der Waals surface area contributed by atoms with E-state index in [0.29, 0.717) is 53.0 Å². The SMILES string of the molecule is Cc1nc2cc(NC(=O)c3ccc4c(c3)OCCCO4)ccc2o1. The number of aromatic nitrogens is 1. The molecule has 1 amide bonds. The van der Waals surface area contributed by atoms with E-state index in [0.717, 1.165) is 6.42 Å². The zero-order chi connectivity index (χ0) is 16.5. The third kappa shape index (κ3) is 2.78. The van der Waals surface area contributed by atoms with E-state index < -0.39 is 0 Å². The monoisotopic (exact) mass is 324 g/mol. The van der Waals surface area contributed by atoms with Crippen LogP contribution < -0.4 is 14.8 Å². The van der Waals surface area contributed by atoms with Gasteiger partial charge >= 0.3 is 0 Å². The summed E-state index contributed by atoms with van der Waals surface area (Å²) in [5, 5.41) is 2.87. The minimum atomic E-state index is -0.217. The van der Waals surface area contributed by atoms with Gasteiger partial charge in [-0.25, -0.2) is 4.98 Å². The molecular weight excluding hydrogens is 308 g/mol. The van der Waals surface area contributed by atoms with E-state index in [-0.39, 0.29) is 5.91 Å². The van der Waals surface area contributed by atoms with Crippen LogP contribution in [-0.2, 0) is 0 Å². The lowest BCUT2D eigenvalue weighted by Crippen LogP contribution is -2.12. The Morgan fingerprint density at radius 2 is 1.92 bits per heavy atom. The van der Waals surface area contributed by atoms with Crippen molar-refractivity contribution in [2.75, 3.05) is 18.5 Å². The zero-order valence-corrected chi connectivity index (χ0v) is 13.2. The average Bonchev–Trinajstić information content (AvgIpc) is 2.79. The van der Waals surface area contributed by atoms with Gasteiger partial charge in [0.1, 0.15) is 5.52 Å². The molecule has 2 heterocycles. The van der Waals surface area contributed by atoms with Crippen LogP contribution in [0, 0.1) is 6.92 Å². The Balaban J connectivity index is 1.57. The highest BCUT2D eigenvalue weighted by molar-refractivity contribution is 6.05. The highest BCUT2D eigenvalue weighted by atomic mass is 16.5. The van der Waals surface area contributed by atoms with Crippen molar-refractivity contribution in [1.29, 1.82) is 0 Å². The Labute approximate surface area is 138 Å². The Bertz CT molecular complexity index is 917. The molecule has 0 bridgehead atoms. The maximum atomic E-state index is 12.5. The summed E-state index contributed by atoms with van der Waals surface area (Å²) in [5.41, 5.74) is 2.58. The van der Waals surface area contributed by atoms with Gasteiger partial charge in [-0.05, 0) is 36.4 Å². The smallest absolute Gasteiger partial charge is 0.255 e. The van der Waals surface area contributed by atoms with Crippen molar-refractivity contribution in [2.24, 2.45) is 0 Å². The maximum absolute atomic E-state index is 12.5. The first-order valence-electron chi connectivity index (χ1n) is 7.77. The number of ether oxygens (including phenoxy) is 2. The van der Waals surface area contributed by atoms with E-state index in [2.05, 4.69) is 10.3 Å². The van der Waals surface area contributed by atoms with Crippen LogP contribution in [0.4, 0.5) is 5.69 Å². The van der Waals surface area contributed by atoms with Crippen LogP contribution in [0.3, 0.4) is 0 Å². The largest absolute Gasteiger partial charge is 0.490 e. The fraction of sp³-hybridized carbons (Fsp3) is 0.222. The number of fused-ring (bicyclic) bond motifs is 2. The van der Waals surface area contributed by atoms with Crippen molar-refractivity contribution in [3.05, 3.63) is 47.9 Å². The molecule has 4 rings (SSSR count). The van der Waals surface area contributed by atoms with Gasteiger partial charge in [-0.2, -0.15) is 0 Å². The fourth-order valence-corrected chi connectivity index (χ4v) is 2.63. The third-order valence-electron chi connectivity index (χ3n) is 3.76. The molecule has 1 aromatic heterocycles. The van der Waals surface area contributed by atoms with Gasteiger partial charge < -0.3 is 19.2 Å². The second-order valence-corrected chi connectivity index (χ2v) is 5.58. The van der Waals surface area contributed by atoms with E-state index >= 15 is 0 Å². The summed E-state index contributed by atoms with van der Waals surface area (Å²) in [6.45, 7) is 2.99. The molecule has 3 aromatic rings. The predicted molar refractivity (Wildman–Crippen MR) is 88.7 cm³/mol. The molecule has 0 fully saturated rings. The number of hydrogen-bond donors (Lipinski definition) is 1. The molecule has 0 aliphatic carbocycles. The van der Waals surface area contributed by atoms with Crippen molar-refractivity contribution in [1.82, 2.24) is 4.98 Å². The van der Waals surface area contributed by atoms with Crippen LogP contribution >= 0.6 is 0 Å². The number of nitrogens with one attached hydrogen (secondary N) is 1. The molecule has 122 valence electrons. The van der Waals surface area contributed by atoms with Crippen molar-refractivity contribution >= 4 is 22.7 Å². The van der Waals surface area contributed by atoms with Crippen molar-refractivity contribution in [3.63, 3.8) is 0 Å². The summed E-state index contributed by atoms with van der Waals surface area (Å²) >= 11 is 0. The molecule has 6 nitrogen and oxygen atoms in total. The quantitative estimate of drug-likeness (QED) is 0.780. The van der Waals surface area contributed by atoms with Crippen LogP contribution in [0.2, 0.25) is 0 Å². The van der Waals surface area contributed by atoms with Crippen LogP contribution in [0.15, 0.2) is 40.8 Å². The summed E-state index contributed by atoms with van der Waals surface area (Å²) < 4.78 is 16.6. The predicted octanol–water partition coefficient (Wildman–Crippen LogP) is 3.55. The van der Waals surface area contributed by atoms with Gasteiger partial charge in [-0.15, -0.1) is 0 Å². The first-order chi connectivity index (χ1) is 11.7. The Kier molecular flexibility index (Phi) is 3.57. The molecule has 0 unspecified atom stereocenters.